The summed E-state index contributed by atoms with van der Waals surface area (Å²) in [5, 5.41) is 2.86. The second-order valence-corrected chi connectivity index (χ2v) is 5.35. The molecule has 1 aliphatic heterocycles. The molecule has 1 heterocycles. The minimum Gasteiger partial charge on any atom is -0.356 e. The molecular formula is C13H24N2O. The monoisotopic (exact) mass is 224 g/mol. The van der Waals surface area contributed by atoms with Gasteiger partial charge in [-0.25, -0.2) is 0 Å². The summed E-state index contributed by atoms with van der Waals surface area (Å²) in [7, 11) is 0. The fourth-order valence-electron chi connectivity index (χ4n) is 2.78. The molecule has 1 amide bonds. The van der Waals surface area contributed by atoms with Crippen LogP contribution >= 0.6 is 0 Å². The highest BCUT2D eigenvalue weighted by Crippen LogP contribution is 2.41. The van der Waals surface area contributed by atoms with Crippen molar-refractivity contribution in [1.29, 1.82) is 0 Å². The van der Waals surface area contributed by atoms with E-state index in [1.807, 2.05) is 0 Å². The summed E-state index contributed by atoms with van der Waals surface area (Å²) in [5.41, 5.74) is 0. The molecule has 1 saturated heterocycles. The third kappa shape index (κ3) is 3.78. The molecule has 2 aliphatic rings. The van der Waals surface area contributed by atoms with Crippen molar-refractivity contribution < 1.29 is 4.79 Å². The Morgan fingerprint density at radius 1 is 1.19 bits per heavy atom. The van der Waals surface area contributed by atoms with Gasteiger partial charge in [0, 0.05) is 13.5 Å². The molecule has 0 bridgehead atoms. The molecule has 0 spiro atoms. The number of nitrogens with zero attached hydrogens (tertiary/aromatic N) is 1. The molecule has 1 aliphatic carbocycles. The Balaban J connectivity index is 1.53. The third-order valence-corrected chi connectivity index (χ3v) is 3.95. The van der Waals surface area contributed by atoms with Gasteiger partial charge < -0.3 is 10.2 Å². The lowest BCUT2D eigenvalue weighted by molar-refractivity contribution is -0.118. The lowest BCUT2D eigenvalue weighted by atomic mass is 9.92. The zero-order chi connectivity index (χ0) is 11.4. The Bertz CT molecular complexity index is 230. The van der Waals surface area contributed by atoms with E-state index >= 15 is 0 Å². The van der Waals surface area contributed by atoms with Gasteiger partial charge in [0.25, 0.3) is 0 Å². The molecule has 2 fully saturated rings. The predicted octanol–water partition coefficient (Wildman–Crippen LogP) is 1.63. The molecule has 2 rings (SSSR count). The topological polar surface area (TPSA) is 32.3 Å². The Morgan fingerprint density at radius 2 is 1.81 bits per heavy atom. The highest BCUT2D eigenvalue weighted by molar-refractivity contribution is 5.72. The molecular weight excluding hydrogens is 200 g/mol. The maximum atomic E-state index is 10.7. The van der Waals surface area contributed by atoms with E-state index in [9.17, 15) is 4.79 Å². The number of piperidine rings is 1. The summed E-state index contributed by atoms with van der Waals surface area (Å²) in [6.07, 6.45) is 6.89. The fourth-order valence-corrected chi connectivity index (χ4v) is 2.78. The van der Waals surface area contributed by atoms with E-state index < -0.39 is 0 Å². The van der Waals surface area contributed by atoms with Gasteiger partial charge in [-0.3, -0.25) is 4.79 Å². The van der Waals surface area contributed by atoms with Gasteiger partial charge in [0.05, 0.1) is 0 Å². The van der Waals surface area contributed by atoms with Crippen LogP contribution in [0.4, 0.5) is 0 Å². The number of likely N-dealkylation sites (tertiary alicyclic amines) is 1. The zero-order valence-electron chi connectivity index (χ0n) is 10.4. The van der Waals surface area contributed by atoms with Crippen LogP contribution in [0.3, 0.4) is 0 Å². The van der Waals surface area contributed by atoms with Crippen LogP contribution < -0.4 is 5.32 Å². The van der Waals surface area contributed by atoms with E-state index in [2.05, 4.69) is 10.2 Å². The summed E-state index contributed by atoms with van der Waals surface area (Å²) < 4.78 is 0. The van der Waals surface area contributed by atoms with Crippen LogP contribution in [-0.4, -0.2) is 37.0 Å². The number of amides is 1. The molecule has 0 aromatic heterocycles. The van der Waals surface area contributed by atoms with Crippen molar-refractivity contribution in [1.82, 2.24) is 10.2 Å². The van der Waals surface area contributed by atoms with Crippen molar-refractivity contribution in [3.05, 3.63) is 0 Å². The molecule has 0 radical (unpaired) electrons. The van der Waals surface area contributed by atoms with Crippen LogP contribution in [0.25, 0.3) is 0 Å². The highest BCUT2D eigenvalue weighted by atomic mass is 16.1. The number of nitrogens with one attached hydrogen (secondary N) is 1. The SMILES string of the molecule is CC(=O)NCCCN1CCC(C2CC2)CC1. The van der Waals surface area contributed by atoms with E-state index in [1.165, 1.54) is 38.8 Å². The van der Waals surface area contributed by atoms with Crippen LogP contribution in [0.15, 0.2) is 0 Å². The molecule has 0 atom stereocenters. The molecule has 0 unspecified atom stereocenters. The van der Waals surface area contributed by atoms with Gasteiger partial charge in [0.1, 0.15) is 0 Å². The average molecular weight is 224 g/mol. The van der Waals surface area contributed by atoms with Crippen LogP contribution in [0.1, 0.15) is 39.0 Å². The van der Waals surface area contributed by atoms with Crippen molar-refractivity contribution in [2.75, 3.05) is 26.2 Å². The number of carbonyl (C=O) groups is 1. The molecule has 92 valence electrons. The lowest BCUT2D eigenvalue weighted by Crippen LogP contribution is -2.36. The minimum absolute atomic E-state index is 0.0902. The Labute approximate surface area is 98.6 Å². The van der Waals surface area contributed by atoms with Gasteiger partial charge >= 0.3 is 0 Å². The second kappa shape index (κ2) is 5.67. The van der Waals surface area contributed by atoms with Gasteiger partial charge in [-0.15, -0.1) is 0 Å². The maximum absolute atomic E-state index is 10.7. The largest absolute Gasteiger partial charge is 0.356 e. The Hall–Kier alpha value is -0.570. The second-order valence-electron chi connectivity index (χ2n) is 5.35. The molecule has 3 heteroatoms. The van der Waals surface area contributed by atoms with Gasteiger partial charge in [0.15, 0.2) is 0 Å². The molecule has 0 aromatic carbocycles. The first-order chi connectivity index (χ1) is 7.75. The van der Waals surface area contributed by atoms with Crippen molar-refractivity contribution in [3.8, 4) is 0 Å². The van der Waals surface area contributed by atoms with Gasteiger partial charge in [0.2, 0.25) is 5.91 Å². The fraction of sp³-hybridized carbons (Fsp3) is 0.923. The number of hydrogen-bond donors (Lipinski definition) is 1. The van der Waals surface area contributed by atoms with E-state index in [1.54, 1.807) is 6.92 Å². The van der Waals surface area contributed by atoms with Crippen molar-refractivity contribution in [3.63, 3.8) is 0 Å². The third-order valence-electron chi connectivity index (χ3n) is 3.95. The minimum atomic E-state index is 0.0902. The number of carbonyl (C=O) groups excluding carboxylic acids is 1. The predicted molar refractivity (Wildman–Crippen MR) is 65.2 cm³/mol. The zero-order valence-corrected chi connectivity index (χ0v) is 10.4. The normalized spacial score (nSPS) is 23.3. The summed E-state index contributed by atoms with van der Waals surface area (Å²) in [4.78, 5) is 13.3. The molecule has 0 aromatic rings. The standard InChI is InChI=1S/C13H24N2O/c1-11(16)14-7-2-8-15-9-5-13(6-10-15)12-3-4-12/h12-13H,2-10H2,1H3,(H,14,16). The van der Waals surface area contributed by atoms with E-state index in [0.29, 0.717) is 0 Å². The summed E-state index contributed by atoms with van der Waals surface area (Å²) in [6.45, 7) is 6.12. The molecule has 3 nitrogen and oxygen atoms in total. The van der Waals surface area contributed by atoms with E-state index in [0.717, 1.165) is 31.3 Å². The molecule has 16 heavy (non-hydrogen) atoms. The quantitative estimate of drug-likeness (QED) is 0.720. The first kappa shape index (κ1) is 11.9. The van der Waals surface area contributed by atoms with Gasteiger partial charge in [-0.2, -0.15) is 0 Å². The van der Waals surface area contributed by atoms with Crippen LogP contribution in [0, 0.1) is 11.8 Å². The first-order valence-electron chi connectivity index (χ1n) is 6.72. The van der Waals surface area contributed by atoms with Gasteiger partial charge in [-0.05, 0) is 63.6 Å². The highest BCUT2D eigenvalue weighted by Gasteiger charge is 2.33. The molecule has 1 saturated carbocycles. The van der Waals surface area contributed by atoms with Gasteiger partial charge in [-0.1, -0.05) is 0 Å². The van der Waals surface area contributed by atoms with Crippen molar-refractivity contribution >= 4 is 5.91 Å². The first-order valence-corrected chi connectivity index (χ1v) is 6.72. The maximum Gasteiger partial charge on any atom is 0.216 e. The molecule has 1 N–H and O–H groups in total. The summed E-state index contributed by atoms with van der Waals surface area (Å²) in [5.74, 6) is 2.21. The summed E-state index contributed by atoms with van der Waals surface area (Å²) >= 11 is 0. The summed E-state index contributed by atoms with van der Waals surface area (Å²) in [6, 6.07) is 0. The van der Waals surface area contributed by atoms with E-state index in [-0.39, 0.29) is 5.91 Å². The van der Waals surface area contributed by atoms with Crippen molar-refractivity contribution in [2.45, 2.75) is 39.0 Å². The smallest absolute Gasteiger partial charge is 0.216 e. The average Bonchev–Trinajstić information content (AvgIpc) is 3.09. The number of hydrogen-bond acceptors (Lipinski definition) is 2. The Kier molecular flexibility index (Phi) is 4.22. The van der Waals surface area contributed by atoms with E-state index in [4.69, 9.17) is 0 Å². The van der Waals surface area contributed by atoms with Crippen LogP contribution in [0.2, 0.25) is 0 Å². The van der Waals surface area contributed by atoms with Crippen molar-refractivity contribution in [2.24, 2.45) is 11.8 Å². The Morgan fingerprint density at radius 3 is 2.38 bits per heavy atom. The van der Waals surface area contributed by atoms with Crippen LogP contribution in [0.5, 0.6) is 0 Å². The number of rotatable bonds is 5. The lowest BCUT2D eigenvalue weighted by Gasteiger charge is -2.32. The van der Waals surface area contributed by atoms with Crippen LogP contribution in [-0.2, 0) is 4.79 Å².